The molecule has 0 bridgehead atoms. The third-order valence-corrected chi connectivity index (χ3v) is 3.19. The van der Waals surface area contributed by atoms with Crippen molar-refractivity contribution in [3.63, 3.8) is 0 Å². The van der Waals surface area contributed by atoms with E-state index in [2.05, 4.69) is 15.0 Å². The molecule has 0 saturated carbocycles. The summed E-state index contributed by atoms with van der Waals surface area (Å²) in [4.78, 5) is 38.5. The van der Waals surface area contributed by atoms with Crippen LogP contribution < -0.4 is 5.32 Å². The molecule has 0 spiro atoms. The van der Waals surface area contributed by atoms with E-state index in [0.717, 1.165) is 19.2 Å². The van der Waals surface area contributed by atoms with E-state index in [9.17, 15) is 23.2 Å². The highest BCUT2D eigenvalue weighted by Gasteiger charge is 2.25. The second-order valence-electron chi connectivity index (χ2n) is 6.51. The molecule has 0 aromatic carbocycles. The molecule has 9 heteroatoms. The summed E-state index contributed by atoms with van der Waals surface area (Å²) >= 11 is 0. The number of rotatable bonds is 7. The number of methoxy groups -OCH3 is 1. The first-order valence-electron chi connectivity index (χ1n) is 7.96. The minimum atomic E-state index is -1.19. The minimum absolute atomic E-state index is 0.0773. The van der Waals surface area contributed by atoms with Gasteiger partial charge in [-0.2, -0.15) is 13.8 Å². The van der Waals surface area contributed by atoms with Gasteiger partial charge in [0.1, 0.15) is 11.6 Å². The standard InChI is InChI=1S/C17H22F2N2O5/c1-17(2,3)26-16(24)20-11(15(23)25-4)6-5-7-12(22)10-8-9-13(18)21-14(10)19/h8-9,11H,5-7H2,1-4H3,(H,20,24)/t11-/m1/s1. The number of aromatic nitrogens is 1. The van der Waals surface area contributed by atoms with Gasteiger partial charge >= 0.3 is 12.1 Å². The van der Waals surface area contributed by atoms with Crippen LogP contribution in [0.15, 0.2) is 12.1 Å². The summed E-state index contributed by atoms with van der Waals surface area (Å²) in [5.41, 5.74) is -1.07. The monoisotopic (exact) mass is 372 g/mol. The van der Waals surface area contributed by atoms with E-state index >= 15 is 0 Å². The average Bonchev–Trinajstić information content (AvgIpc) is 2.51. The van der Waals surface area contributed by atoms with Crippen LogP contribution in [0.3, 0.4) is 0 Å². The molecule has 1 N–H and O–H groups in total. The maximum atomic E-state index is 13.5. The van der Waals surface area contributed by atoms with E-state index in [1.165, 1.54) is 0 Å². The van der Waals surface area contributed by atoms with E-state index in [1.807, 2.05) is 0 Å². The molecule has 1 amide bonds. The summed E-state index contributed by atoms with van der Waals surface area (Å²) in [5, 5.41) is 2.37. The zero-order valence-electron chi connectivity index (χ0n) is 15.1. The molecule has 0 aliphatic rings. The Morgan fingerprint density at radius 3 is 2.42 bits per heavy atom. The van der Waals surface area contributed by atoms with E-state index in [0.29, 0.717) is 0 Å². The molecule has 1 aromatic heterocycles. The number of nitrogens with one attached hydrogen (secondary N) is 1. The number of alkyl carbamates (subject to hydrolysis) is 1. The molecule has 1 heterocycles. The second kappa shape index (κ2) is 9.21. The number of carbonyl (C=O) groups excluding carboxylic acids is 3. The fourth-order valence-corrected chi connectivity index (χ4v) is 2.06. The van der Waals surface area contributed by atoms with Crippen LogP contribution in [0.4, 0.5) is 13.6 Å². The van der Waals surface area contributed by atoms with Gasteiger partial charge in [0.2, 0.25) is 11.9 Å². The zero-order valence-corrected chi connectivity index (χ0v) is 15.1. The Labute approximate surface area is 150 Å². The number of pyridine rings is 1. The maximum absolute atomic E-state index is 13.5. The Hall–Kier alpha value is -2.58. The van der Waals surface area contributed by atoms with Crippen LogP contribution >= 0.6 is 0 Å². The highest BCUT2D eigenvalue weighted by Crippen LogP contribution is 2.13. The van der Waals surface area contributed by atoms with Crippen molar-refractivity contribution >= 4 is 17.8 Å². The lowest BCUT2D eigenvalue weighted by molar-refractivity contribution is -0.143. The van der Waals surface area contributed by atoms with Crippen molar-refractivity contribution in [1.29, 1.82) is 0 Å². The van der Waals surface area contributed by atoms with Gasteiger partial charge < -0.3 is 14.8 Å². The number of carbonyl (C=O) groups is 3. The van der Waals surface area contributed by atoms with Gasteiger partial charge in [-0.15, -0.1) is 0 Å². The first kappa shape index (κ1) is 21.5. The topological polar surface area (TPSA) is 94.6 Å². The Bertz CT molecular complexity index is 674. The summed E-state index contributed by atoms with van der Waals surface area (Å²) in [7, 11) is 1.16. The number of nitrogens with zero attached hydrogens (tertiary/aromatic N) is 1. The van der Waals surface area contributed by atoms with Gasteiger partial charge in [0.15, 0.2) is 5.78 Å². The van der Waals surface area contributed by atoms with Crippen LogP contribution in [-0.4, -0.2) is 41.6 Å². The number of halogens is 2. The molecule has 0 unspecified atom stereocenters. The fourth-order valence-electron chi connectivity index (χ4n) is 2.06. The molecule has 144 valence electrons. The Balaban J connectivity index is 2.62. The highest BCUT2D eigenvalue weighted by molar-refractivity contribution is 5.96. The molecule has 0 aliphatic carbocycles. The summed E-state index contributed by atoms with van der Waals surface area (Å²) in [6, 6.07) is 0.882. The van der Waals surface area contributed by atoms with Gasteiger partial charge in [0, 0.05) is 6.42 Å². The smallest absolute Gasteiger partial charge is 0.408 e. The number of esters is 1. The Kier molecular flexibility index (Phi) is 7.60. The quantitative estimate of drug-likeness (QED) is 0.449. The van der Waals surface area contributed by atoms with Crippen molar-refractivity contribution in [1.82, 2.24) is 10.3 Å². The molecule has 7 nitrogen and oxygen atoms in total. The van der Waals surface area contributed by atoms with Gasteiger partial charge in [-0.3, -0.25) is 4.79 Å². The van der Waals surface area contributed by atoms with Crippen LogP contribution in [-0.2, 0) is 14.3 Å². The SMILES string of the molecule is COC(=O)[C@@H](CCCC(=O)c1ccc(F)nc1F)NC(=O)OC(C)(C)C. The second-order valence-corrected chi connectivity index (χ2v) is 6.51. The first-order chi connectivity index (χ1) is 12.0. The van der Waals surface area contributed by atoms with E-state index in [1.54, 1.807) is 20.8 Å². The molecule has 0 saturated heterocycles. The number of amides is 1. The summed E-state index contributed by atoms with van der Waals surface area (Å²) < 4.78 is 35.9. The van der Waals surface area contributed by atoms with Crippen molar-refractivity contribution in [3.05, 3.63) is 29.6 Å². The fraction of sp³-hybridized carbons (Fsp3) is 0.529. The lowest BCUT2D eigenvalue weighted by atomic mass is 10.0. The van der Waals surface area contributed by atoms with Crippen LogP contribution in [0.5, 0.6) is 0 Å². The highest BCUT2D eigenvalue weighted by atomic mass is 19.1. The maximum Gasteiger partial charge on any atom is 0.408 e. The van der Waals surface area contributed by atoms with Crippen molar-refractivity contribution in [3.8, 4) is 0 Å². The summed E-state index contributed by atoms with van der Waals surface area (Å²) in [5.74, 6) is -3.49. The van der Waals surface area contributed by atoms with Crippen LogP contribution in [0, 0.1) is 11.9 Å². The lowest BCUT2D eigenvalue weighted by Gasteiger charge is -2.22. The molecule has 0 radical (unpaired) electrons. The van der Waals surface area contributed by atoms with Crippen LogP contribution in [0.1, 0.15) is 50.4 Å². The van der Waals surface area contributed by atoms with Gasteiger partial charge in [0.25, 0.3) is 0 Å². The average molecular weight is 372 g/mol. The molecule has 1 aromatic rings. The Morgan fingerprint density at radius 2 is 1.88 bits per heavy atom. The predicted octanol–water partition coefficient (Wildman–Crippen LogP) is 2.78. The molecule has 0 fully saturated rings. The van der Waals surface area contributed by atoms with Gasteiger partial charge in [0.05, 0.1) is 12.7 Å². The number of ether oxygens (including phenoxy) is 2. The van der Waals surface area contributed by atoms with Gasteiger partial charge in [-0.05, 0) is 45.7 Å². The zero-order chi connectivity index (χ0) is 19.9. The number of hydrogen-bond acceptors (Lipinski definition) is 6. The normalized spacial score (nSPS) is 12.2. The van der Waals surface area contributed by atoms with Crippen LogP contribution in [0.2, 0.25) is 0 Å². The third kappa shape index (κ3) is 7.12. The number of hydrogen-bond donors (Lipinski definition) is 1. The van der Waals surface area contributed by atoms with Crippen molar-refractivity contribution in [2.75, 3.05) is 7.11 Å². The summed E-state index contributed by atoms with van der Waals surface area (Å²) in [6.07, 6.45) is -0.680. The predicted molar refractivity (Wildman–Crippen MR) is 87.5 cm³/mol. The third-order valence-electron chi connectivity index (χ3n) is 3.19. The first-order valence-corrected chi connectivity index (χ1v) is 7.96. The molecule has 1 atom stereocenters. The molecule has 26 heavy (non-hydrogen) atoms. The van der Waals surface area contributed by atoms with Gasteiger partial charge in [-0.25, -0.2) is 9.59 Å². The minimum Gasteiger partial charge on any atom is -0.467 e. The molecule has 0 aliphatic heterocycles. The number of ketones is 1. The number of Topliss-reactive ketones (excluding diaryl/α,β-unsaturated/α-hetero) is 1. The van der Waals surface area contributed by atoms with Crippen molar-refractivity contribution < 1.29 is 32.6 Å². The lowest BCUT2D eigenvalue weighted by Crippen LogP contribution is -2.44. The van der Waals surface area contributed by atoms with E-state index in [4.69, 9.17) is 4.74 Å². The van der Waals surface area contributed by atoms with Crippen molar-refractivity contribution in [2.45, 2.75) is 51.7 Å². The van der Waals surface area contributed by atoms with Gasteiger partial charge in [-0.1, -0.05) is 0 Å². The summed E-state index contributed by atoms with van der Waals surface area (Å²) in [6.45, 7) is 5.01. The van der Waals surface area contributed by atoms with E-state index in [-0.39, 0.29) is 24.8 Å². The molecular weight excluding hydrogens is 350 g/mol. The van der Waals surface area contributed by atoms with E-state index < -0.39 is 41.4 Å². The molecular formula is C17H22F2N2O5. The van der Waals surface area contributed by atoms with Crippen LogP contribution in [0.25, 0.3) is 0 Å². The largest absolute Gasteiger partial charge is 0.467 e. The Morgan fingerprint density at radius 1 is 1.23 bits per heavy atom. The molecule has 1 rings (SSSR count). The van der Waals surface area contributed by atoms with Crippen molar-refractivity contribution in [2.24, 2.45) is 0 Å².